The highest BCUT2D eigenvalue weighted by atomic mass is 127. The number of nitrogens with zero attached hydrogens (tertiary/aromatic N) is 1. The Labute approximate surface area is 211 Å². The van der Waals surface area contributed by atoms with Crippen molar-refractivity contribution in [3.05, 3.63) is 51.1 Å². The zero-order valence-electron chi connectivity index (χ0n) is 19.5. The summed E-state index contributed by atoms with van der Waals surface area (Å²) in [4.78, 5) is 11.0. The number of carboxylic acid groups (broad SMARTS) is 1. The van der Waals surface area contributed by atoms with Gasteiger partial charge in [0.15, 0.2) is 0 Å². The van der Waals surface area contributed by atoms with Gasteiger partial charge in [-0.15, -0.1) is 0 Å². The average Bonchev–Trinajstić information content (AvgIpc) is 2.82. The highest BCUT2D eigenvalue weighted by Crippen LogP contribution is 2.46. The number of sulfonamides is 1. The molecule has 3 rings (SSSR count). The van der Waals surface area contributed by atoms with Crippen LogP contribution in [0, 0.1) is 3.57 Å². The molecule has 0 bridgehead atoms. The Bertz CT molecular complexity index is 1020. The van der Waals surface area contributed by atoms with Gasteiger partial charge in [0, 0.05) is 17.0 Å². The summed E-state index contributed by atoms with van der Waals surface area (Å²) < 4.78 is 29.6. The van der Waals surface area contributed by atoms with E-state index < -0.39 is 21.5 Å². The second kappa shape index (κ2) is 11.5. The average molecular weight is 587 g/mol. The molecule has 0 saturated heterocycles. The summed E-state index contributed by atoms with van der Waals surface area (Å²) in [5.74, 6) is -0.713. The third kappa shape index (κ3) is 6.07. The van der Waals surface area contributed by atoms with E-state index in [0.717, 1.165) is 66.2 Å². The number of halogens is 1. The molecule has 2 atom stereocenters. The monoisotopic (exact) mass is 586 g/mol. The minimum absolute atomic E-state index is 0.150. The third-order valence-corrected chi connectivity index (χ3v) is 9.60. The molecule has 0 aromatic heterocycles. The molecule has 8 heteroatoms. The van der Waals surface area contributed by atoms with Crippen molar-refractivity contribution < 1.29 is 18.3 Å². The van der Waals surface area contributed by atoms with Gasteiger partial charge in [0.1, 0.15) is 0 Å². The minimum atomic E-state index is -3.62. The number of hydrogen-bond acceptors (Lipinski definition) is 4. The zero-order valence-corrected chi connectivity index (χ0v) is 22.5. The molecule has 6 nitrogen and oxygen atoms in total. The van der Waals surface area contributed by atoms with Crippen LogP contribution in [0.15, 0.2) is 46.9 Å². The number of carboxylic acids is 1. The van der Waals surface area contributed by atoms with Gasteiger partial charge < -0.3 is 10.4 Å². The van der Waals surface area contributed by atoms with Crippen molar-refractivity contribution in [3.63, 3.8) is 0 Å². The van der Waals surface area contributed by atoms with Crippen molar-refractivity contribution in [3.8, 4) is 0 Å². The molecular weight excluding hydrogens is 551 g/mol. The van der Waals surface area contributed by atoms with Crippen LogP contribution in [0.2, 0.25) is 0 Å². The molecule has 1 aromatic carbocycles. The van der Waals surface area contributed by atoms with Crippen LogP contribution in [-0.2, 0) is 14.8 Å². The Morgan fingerprint density at radius 1 is 1.18 bits per heavy atom. The molecule has 1 heterocycles. The molecule has 0 fully saturated rings. The molecule has 2 aliphatic rings. The lowest BCUT2D eigenvalue weighted by molar-refractivity contribution is -0.137. The molecule has 0 amide bonds. The van der Waals surface area contributed by atoms with Crippen molar-refractivity contribution in [2.45, 2.75) is 81.2 Å². The Morgan fingerprint density at radius 2 is 1.85 bits per heavy atom. The maximum Gasteiger partial charge on any atom is 0.303 e. The Kier molecular flexibility index (Phi) is 9.16. The molecule has 0 saturated carbocycles. The van der Waals surface area contributed by atoms with Crippen LogP contribution in [-0.4, -0.2) is 42.9 Å². The van der Waals surface area contributed by atoms with Gasteiger partial charge in [0.05, 0.1) is 16.5 Å². The number of unbranched alkanes of at least 4 members (excludes halogenated alkanes) is 6. The van der Waals surface area contributed by atoms with E-state index in [-0.39, 0.29) is 12.5 Å². The lowest BCUT2D eigenvalue weighted by Gasteiger charge is -2.41. The predicted octanol–water partition coefficient (Wildman–Crippen LogP) is 5.41. The van der Waals surface area contributed by atoms with E-state index in [1.165, 1.54) is 0 Å². The molecule has 1 aromatic rings. The first-order chi connectivity index (χ1) is 15.7. The van der Waals surface area contributed by atoms with Gasteiger partial charge in [-0.25, -0.2) is 8.42 Å². The SMILES string of the molecule is CN1C2(C)CC=CC=C2C(NCCCCCCCCCC(=O)O)c2ccc(I)cc2S1(=O)=O. The van der Waals surface area contributed by atoms with E-state index in [9.17, 15) is 13.2 Å². The fraction of sp³-hybridized carbons (Fsp3) is 0.560. The summed E-state index contributed by atoms with van der Waals surface area (Å²) >= 11 is 2.17. The molecule has 182 valence electrons. The van der Waals surface area contributed by atoms with Crippen LogP contribution in [0.1, 0.15) is 76.3 Å². The molecule has 1 aliphatic carbocycles. The van der Waals surface area contributed by atoms with Crippen molar-refractivity contribution >= 4 is 38.6 Å². The molecule has 2 N–H and O–H groups in total. The number of likely N-dealkylation sites (N-methyl/N-ethyl adjacent to an activating group) is 1. The van der Waals surface area contributed by atoms with Crippen molar-refractivity contribution in [1.82, 2.24) is 9.62 Å². The second-order valence-electron chi connectivity index (χ2n) is 9.19. The van der Waals surface area contributed by atoms with Crippen LogP contribution < -0.4 is 5.32 Å². The van der Waals surface area contributed by atoms with Crippen molar-refractivity contribution in [1.29, 1.82) is 0 Å². The number of benzene rings is 1. The molecular formula is C25H35IN2O4S. The number of rotatable bonds is 11. The number of allylic oxidation sites excluding steroid dienone is 2. The van der Waals surface area contributed by atoms with E-state index in [4.69, 9.17) is 5.11 Å². The normalized spacial score (nSPS) is 24.0. The van der Waals surface area contributed by atoms with E-state index in [0.29, 0.717) is 11.3 Å². The quantitative estimate of drug-likeness (QED) is 0.268. The summed E-state index contributed by atoms with van der Waals surface area (Å²) in [6, 6.07) is 5.58. The maximum absolute atomic E-state index is 13.6. The standard InChI is InChI=1S/C25H35IN2O4S/c1-25-16-10-9-12-21(25)24(27-17-11-7-5-3-4-6-8-13-23(29)30)20-15-14-19(26)18-22(20)33(31,32)28(25)2/h9-10,12,14-15,18,24,27H,3-8,11,13,16-17H2,1-2H3,(H,29,30). The maximum atomic E-state index is 13.6. The van der Waals surface area contributed by atoms with E-state index in [1.807, 2.05) is 31.2 Å². The van der Waals surface area contributed by atoms with Gasteiger partial charge in [0.2, 0.25) is 10.0 Å². The summed E-state index contributed by atoms with van der Waals surface area (Å²) in [7, 11) is -1.92. The van der Waals surface area contributed by atoms with Crippen LogP contribution in [0.3, 0.4) is 0 Å². The fourth-order valence-corrected chi connectivity index (χ4v) is 7.25. The summed E-state index contributed by atoms with van der Waals surface area (Å²) in [5.41, 5.74) is 1.31. The molecule has 1 aliphatic heterocycles. The summed E-state index contributed by atoms with van der Waals surface area (Å²) in [6.07, 6.45) is 14.3. The highest BCUT2D eigenvalue weighted by Gasteiger charge is 2.47. The largest absolute Gasteiger partial charge is 0.481 e. The minimum Gasteiger partial charge on any atom is -0.481 e. The van der Waals surface area contributed by atoms with Crippen molar-refractivity contribution in [2.24, 2.45) is 0 Å². The molecule has 33 heavy (non-hydrogen) atoms. The topological polar surface area (TPSA) is 86.7 Å². The number of aliphatic carboxylic acids is 1. The molecule has 2 unspecified atom stereocenters. The van der Waals surface area contributed by atoms with Crippen LogP contribution in [0.25, 0.3) is 0 Å². The summed E-state index contributed by atoms with van der Waals surface area (Å²) in [6.45, 7) is 2.84. The van der Waals surface area contributed by atoms with Crippen LogP contribution in [0.5, 0.6) is 0 Å². The van der Waals surface area contributed by atoms with Gasteiger partial charge in [0.25, 0.3) is 0 Å². The van der Waals surface area contributed by atoms with E-state index in [1.54, 1.807) is 17.4 Å². The first-order valence-electron chi connectivity index (χ1n) is 11.8. The highest BCUT2D eigenvalue weighted by molar-refractivity contribution is 14.1. The Balaban J connectivity index is 1.67. The first kappa shape index (κ1) is 26.4. The fourth-order valence-electron chi connectivity index (χ4n) is 4.79. The van der Waals surface area contributed by atoms with Gasteiger partial charge in [-0.05, 0) is 78.6 Å². The number of hydrogen-bond donors (Lipinski definition) is 2. The second-order valence-corrected chi connectivity index (χ2v) is 12.4. The Hall–Kier alpha value is -1.23. The van der Waals surface area contributed by atoms with Gasteiger partial charge >= 0.3 is 5.97 Å². The van der Waals surface area contributed by atoms with Gasteiger partial charge in [-0.1, -0.05) is 56.4 Å². The van der Waals surface area contributed by atoms with E-state index >= 15 is 0 Å². The zero-order chi connectivity index (χ0) is 24.1. The van der Waals surface area contributed by atoms with Gasteiger partial charge in [-0.2, -0.15) is 4.31 Å². The van der Waals surface area contributed by atoms with Gasteiger partial charge in [-0.3, -0.25) is 4.79 Å². The number of nitrogens with one attached hydrogen (secondary N) is 1. The number of carbonyl (C=O) groups is 1. The lowest BCUT2D eigenvalue weighted by atomic mass is 9.78. The molecule has 0 spiro atoms. The van der Waals surface area contributed by atoms with Crippen LogP contribution in [0.4, 0.5) is 0 Å². The molecule has 0 radical (unpaired) electrons. The predicted molar refractivity (Wildman–Crippen MR) is 140 cm³/mol. The summed E-state index contributed by atoms with van der Waals surface area (Å²) in [5, 5.41) is 12.4. The first-order valence-corrected chi connectivity index (χ1v) is 14.3. The third-order valence-electron chi connectivity index (χ3n) is 6.90. The van der Waals surface area contributed by atoms with Crippen molar-refractivity contribution in [2.75, 3.05) is 13.6 Å². The Morgan fingerprint density at radius 3 is 2.55 bits per heavy atom. The van der Waals surface area contributed by atoms with Crippen LogP contribution >= 0.6 is 22.6 Å². The smallest absolute Gasteiger partial charge is 0.303 e. The lowest BCUT2D eigenvalue weighted by Crippen LogP contribution is -2.49. The number of fused-ring (bicyclic) bond motifs is 2. The van der Waals surface area contributed by atoms with E-state index in [2.05, 4.69) is 34.0 Å².